The van der Waals surface area contributed by atoms with Gasteiger partial charge in [-0.15, -0.1) is 0 Å². The van der Waals surface area contributed by atoms with E-state index in [4.69, 9.17) is 15.5 Å². The number of imidazole rings is 1. The first kappa shape index (κ1) is 18.7. The van der Waals surface area contributed by atoms with E-state index in [1.165, 1.54) is 11.3 Å². The van der Waals surface area contributed by atoms with Crippen molar-refractivity contribution in [2.45, 2.75) is 26.0 Å². The van der Waals surface area contributed by atoms with Gasteiger partial charge in [0.2, 0.25) is 5.88 Å². The van der Waals surface area contributed by atoms with Gasteiger partial charge in [0, 0.05) is 36.1 Å². The molecule has 0 spiro atoms. The fourth-order valence-corrected chi connectivity index (χ4v) is 3.83. The van der Waals surface area contributed by atoms with Crippen LogP contribution in [-0.2, 0) is 0 Å². The number of thiazole rings is 1. The molecular formula is C20H23N5O2S. The topological polar surface area (TPSA) is 97.7 Å². The number of ether oxygens (including phenoxy) is 1. The van der Waals surface area contributed by atoms with Crippen molar-refractivity contribution < 1.29 is 9.84 Å². The fraction of sp³-hybridized carbons (Fsp3) is 0.300. The first-order valence-electron chi connectivity index (χ1n) is 9.18. The van der Waals surface area contributed by atoms with Gasteiger partial charge in [-0.1, -0.05) is 37.3 Å². The molecule has 7 nitrogen and oxygen atoms in total. The number of aliphatic hydroxyl groups excluding tert-OH is 1. The van der Waals surface area contributed by atoms with Crippen LogP contribution >= 0.6 is 11.3 Å². The number of hydrogen-bond acceptors (Lipinski definition) is 7. The molecule has 0 bridgehead atoms. The van der Waals surface area contributed by atoms with Crippen LogP contribution < -0.4 is 15.8 Å². The Kier molecular flexibility index (Phi) is 5.17. The smallest absolute Gasteiger partial charge is 0.214 e. The number of benzene rings is 1. The van der Waals surface area contributed by atoms with Crippen LogP contribution in [0.15, 0.2) is 42.6 Å². The Morgan fingerprint density at radius 2 is 1.96 bits per heavy atom. The molecule has 0 fully saturated rings. The van der Waals surface area contributed by atoms with Gasteiger partial charge in [0.05, 0.1) is 11.2 Å². The lowest BCUT2D eigenvalue weighted by atomic mass is 10.1. The third-order valence-corrected chi connectivity index (χ3v) is 5.29. The first-order chi connectivity index (χ1) is 13.5. The van der Waals surface area contributed by atoms with E-state index in [0.29, 0.717) is 18.5 Å². The van der Waals surface area contributed by atoms with Crippen LogP contribution in [0, 0.1) is 0 Å². The fourth-order valence-electron chi connectivity index (χ4n) is 2.85. The van der Waals surface area contributed by atoms with Crippen LogP contribution in [0.3, 0.4) is 0 Å². The zero-order valence-electron chi connectivity index (χ0n) is 15.8. The quantitative estimate of drug-likeness (QED) is 0.415. The summed E-state index contributed by atoms with van der Waals surface area (Å²) in [4.78, 5) is 11.0. The Labute approximate surface area is 166 Å². The van der Waals surface area contributed by atoms with Crippen LogP contribution in [0.2, 0.25) is 0 Å². The van der Waals surface area contributed by atoms with Crippen LogP contribution in [0.25, 0.3) is 26.6 Å². The van der Waals surface area contributed by atoms with Crippen molar-refractivity contribution in [2.75, 3.05) is 18.9 Å². The molecule has 1 unspecified atom stereocenters. The molecule has 3 heterocycles. The Balaban J connectivity index is 1.52. The predicted molar refractivity (Wildman–Crippen MR) is 113 cm³/mol. The van der Waals surface area contributed by atoms with Crippen LogP contribution in [0.4, 0.5) is 5.69 Å². The largest absolute Gasteiger partial charge is 0.475 e. The highest BCUT2D eigenvalue weighted by Crippen LogP contribution is 2.30. The van der Waals surface area contributed by atoms with Crippen molar-refractivity contribution in [3.63, 3.8) is 0 Å². The molecule has 3 aromatic heterocycles. The summed E-state index contributed by atoms with van der Waals surface area (Å²) in [7, 11) is 0. The molecule has 0 aliphatic heterocycles. The van der Waals surface area contributed by atoms with Gasteiger partial charge in [0.15, 0.2) is 4.96 Å². The van der Waals surface area contributed by atoms with E-state index in [9.17, 15) is 5.11 Å². The minimum absolute atomic E-state index is 0.196. The SMILES string of the molecule is CC(C)NCC(O)COc1ccc2c(n1)sc1nc(-c3ccc(N)cc3)cn12. The van der Waals surface area contributed by atoms with Gasteiger partial charge >= 0.3 is 0 Å². The molecule has 1 atom stereocenters. The Morgan fingerprint density at radius 1 is 1.18 bits per heavy atom. The molecule has 146 valence electrons. The highest BCUT2D eigenvalue weighted by atomic mass is 32.1. The Hall–Kier alpha value is -2.68. The maximum Gasteiger partial charge on any atom is 0.214 e. The molecule has 0 saturated heterocycles. The lowest BCUT2D eigenvalue weighted by molar-refractivity contribution is 0.102. The summed E-state index contributed by atoms with van der Waals surface area (Å²) in [6.07, 6.45) is 1.42. The molecule has 1 aromatic carbocycles. The summed E-state index contributed by atoms with van der Waals surface area (Å²) < 4.78 is 7.68. The number of nitrogens with two attached hydrogens (primary N) is 1. The molecule has 4 N–H and O–H groups in total. The zero-order valence-corrected chi connectivity index (χ0v) is 16.6. The monoisotopic (exact) mass is 397 g/mol. The molecular weight excluding hydrogens is 374 g/mol. The number of anilines is 1. The molecule has 0 radical (unpaired) electrons. The normalized spacial score (nSPS) is 12.9. The third kappa shape index (κ3) is 3.94. The van der Waals surface area contributed by atoms with Gasteiger partial charge in [-0.25, -0.2) is 9.97 Å². The van der Waals surface area contributed by atoms with Gasteiger partial charge in [-0.05, 0) is 18.2 Å². The van der Waals surface area contributed by atoms with E-state index in [1.807, 2.05) is 60.8 Å². The number of hydrogen-bond donors (Lipinski definition) is 3. The van der Waals surface area contributed by atoms with Crippen molar-refractivity contribution in [1.29, 1.82) is 0 Å². The summed E-state index contributed by atoms with van der Waals surface area (Å²) in [5.74, 6) is 0.499. The van der Waals surface area contributed by atoms with E-state index >= 15 is 0 Å². The Morgan fingerprint density at radius 3 is 2.71 bits per heavy atom. The number of nitrogens with one attached hydrogen (secondary N) is 1. The number of rotatable bonds is 7. The third-order valence-electron chi connectivity index (χ3n) is 4.33. The second-order valence-corrected chi connectivity index (χ2v) is 7.96. The molecule has 0 aliphatic rings. The summed E-state index contributed by atoms with van der Waals surface area (Å²) in [6, 6.07) is 11.8. The van der Waals surface area contributed by atoms with Gasteiger partial charge in [-0.2, -0.15) is 0 Å². The summed E-state index contributed by atoms with van der Waals surface area (Å²) in [5.41, 5.74) is 9.39. The highest BCUT2D eigenvalue weighted by Gasteiger charge is 2.13. The zero-order chi connectivity index (χ0) is 19.7. The average molecular weight is 398 g/mol. The predicted octanol–water partition coefficient (Wildman–Crippen LogP) is 2.93. The van der Waals surface area contributed by atoms with Crippen molar-refractivity contribution in [3.05, 3.63) is 42.6 Å². The van der Waals surface area contributed by atoms with Crippen molar-refractivity contribution in [1.82, 2.24) is 19.7 Å². The van der Waals surface area contributed by atoms with Gasteiger partial charge in [-0.3, -0.25) is 4.40 Å². The van der Waals surface area contributed by atoms with E-state index in [0.717, 1.165) is 32.3 Å². The number of aromatic nitrogens is 3. The number of nitrogens with zero attached hydrogens (tertiary/aromatic N) is 3. The summed E-state index contributed by atoms with van der Waals surface area (Å²) in [5, 5.41) is 13.2. The van der Waals surface area contributed by atoms with Crippen molar-refractivity contribution in [2.24, 2.45) is 0 Å². The van der Waals surface area contributed by atoms with Gasteiger partial charge in [0.25, 0.3) is 0 Å². The van der Waals surface area contributed by atoms with Gasteiger partial charge < -0.3 is 20.9 Å². The maximum absolute atomic E-state index is 9.98. The van der Waals surface area contributed by atoms with Crippen molar-refractivity contribution >= 4 is 32.3 Å². The summed E-state index contributed by atoms with van der Waals surface area (Å²) in [6.45, 7) is 4.76. The van der Waals surface area contributed by atoms with E-state index < -0.39 is 6.10 Å². The second kappa shape index (κ2) is 7.75. The minimum atomic E-state index is -0.581. The number of aliphatic hydroxyl groups is 1. The van der Waals surface area contributed by atoms with Crippen LogP contribution in [0.5, 0.6) is 5.88 Å². The second-order valence-electron chi connectivity index (χ2n) is 7.00. The molecule has 0 amide bonds. The summed E-state index contributed by atoms with van der Waals surface area (Å²) >= 11 is 1.50. The van der Waals surface area contributed by atoms with Crippen LogP contribution in [-0.4, -0.2) is 44.8 Å². The average Bonchev–Trinajstić information content (AvgIpc) is 3.22. The molecule has 4 rings (SSSR count). The maximum atomic E-state index is 9.98. The van der Waals surface area contributed by atoms with E-state index in [-0.39, 0.29) is 6.61 Å². The minimum Gasteiger partial charge on any atom is -0.475 e. The van der Waals surface area contributed by atoms with Gasteiger partial charge in [0.1, 0.15) is 17.5 Å². The van der Waals surface area contributed by atoms with Crippen molar-refractivity contribution in [3.8, 4) is 17.1 Å². The Bertz CT molecular complexity index is 1090. The molecule has 4 aromatic rings. The molecule has 8 heteroatoms. The number of pyridine rings is 1. The standard InChI is InChI=1S/C20H23N5O2S/c1-12(2)22-9-15(26)11-27-18-8-7-17-19(24-18)28-20-23-16(10-25(17)20)13-3-5-14(21)6-4-13/h3-8,10,12,15,22,26H,9,11,21H2,1-2H3. The lowest BCUT2D eigenvalue weighted by Crippen LogP contribution is -2.35. The lowest BCUT2D eigenvalue weighted by Gasteiger charge is -2.14. The number of nitrogen functional groups attached to an aromatic ring is 1. The number of fused-ring (bicyclic) bond motifs is 3. The molecule has 0 saturated carbocycles. The first-order valence-corrected chi connectivity index (χ1v) is 10.00. The van der Waals surface area contributed by atoms with E-state index in [2.05, 4.69) is 10.3 Å². The van der Waals surface area contributed by atoms with Crippen LogP contribution in [0.1, 0.15) is 13.8 Å². The van der Waals surface area contributed by atoms with E-state index in [1.54, 1.807) is 0 Å². The molecule has 28 heavy (non-hydrogen) atoms. The molecule has 0 aliphatic carbocycles. The highest BCUT2D eigenvalue weighted by molar-refractivity contribution is 7.23.